The van der Waals surface area contributed by atoms with Crippen LogP contribution in [0.25, 0.3) is 11.3 Å². The first kappa shape index (κ1) is 22.6. The molecule has 0 spiro atoms. The third-order valence-corrected chi connectivity index (χ3v) is 6.31. The minimum atomic E-state index is -0.553. The largest absolute Gasteiger partial charge is 0.462 e. The minimum absolute atomic E-state index is 0.0208. The van der Waals surface area contributed by atoms with Gasteiger partial charge in [0.25, 0.3) is 5.91 Å². The number of thiazole rings is 1. The molecule has 0 bridgehead atoms. The van der Waals surface area contributed by atoms with Crippen molar-refractivity contribution in [1.82, 2.24) is 4.98 Å². The molecule has 3 rings (SSSR count). The summed E-state index contributed by atoms with van der Waals surface area (Å²) in [6, 6.07) is 10.4. The number of hydrogen-bond donors (Lipinski definition) is 1. The summed E-state index contributed by atoms with van der Waals surface area (Å²) in [6.45, 7) is 8.25. The normalized spacial score (nSPS) is 11.2. The fraction of sp³-hybridized carbons (Fsp3) is 0.286. The highest BCUT2D eigenvalue weighted by Gasteiger charge is 2.23. The first-order chi connectivity index (χ1) is 14.6. The fourth-order valence-electron chi connectivity index (χ4n) is 2.74. The second kappa shape index (κ2) is 8.94. The molecule has 0 aliphatic carbocycles. The summed E-state index contributed by atoms with van der Waals surface area (Å²) in [5.41, 5.74) is 2.25. The maximum absolute atomic E-state index is 12.5. The number of anilines is 1. The van der Waals surface area contributed by atoms with Crippen molar-refractivity contribution in [2.24, 2.45) is 0 Å². The number of amides is 1. The SMILES string of the molecule is CCOC(=O)c1sc(NC(=O)c2ccc([N+](=O)[O-])s2)nc1-c1ccc(C(C)(C)C)cc1. The van der Waals surface area contributed by atoms with E-state index in [1.165, 1.54) is 12.1 Å². The molecule has 2 aromatic heterocycles. The molecule has 1 aromatic carbocycles. The highest BCUT2D eigenvalue weighted by Crippen LogP contribution is 2.34. The standard InChI is InChI=1S/C21H21N3O5S2/c1-5-29-19(26)17-16(12-6-8-13(9-7-12)21(2,3)4)22-20(31-17)23-18(25)14-10-11-15(30-14)24(27)28/h6-11H,5H2,1-4H3,(H,22,23,25). The molecule has 0 saturated carbocycles. The molecule has 0 atom stereocenters. The summed E-state index contributed by atoms with van der Waals surface area (Å²) in [5, 5.41) is 13.5. The quantitative estimate of drug-likeness (QED) is 0.296. The predicted octanol–water partition coefficient (Wildman–Crippen LogP) is 5.51. The van der Waals surface area contributed by atoms with E-state index in [0.29, 0.717) is 5.69 Å². The number of rotatable bonds is 6. The first-order valence-corrected chi connectivity index (χ1v) is 11.1. The number of hydrogen-bond acceptors (Lipinski definition) is 8. The van der Waals surface area contributed by atoms with Gasteiger partial charge in [0.1, 0.15) is 4.88 Å². The lowest BCUT2D eigenvalue weighted by atomic mass is 9.86. The van der Waals surface area contributed by atoms with Crippen LogP contribution in [0.4, 0.5) is 10.1 Å². The molecule has 0 aliphatic heterocycles. The van der Waals surface area contributed by atoms with E-state index in [-0.39, 0.29) is 31.9 Å². The van der Waals surface area contributed by atoms with Gasteiger partial charge in [-0.15, -0.1) is 0 Å². The van der Waals surface area contributed by atoms with E-state index in [9.17, 15) is 19.7 Å². The number of benzene rings is 1. The Morgan fingerprint density at radius 1 is 1.13 bits per heavy atom. The highest BCUT2D eigenvalue weighted by atomic mass is 32.1. The van der Waals surface area contributed by atoms with Gasteiger partial charge in [-0.05, 0) is 24.0 Å². The van der Waals surface area contributed by atoms with Crippen LogP contribution in [0, 0.1) is 10.1 Å². The molecule has 1 amide bonds. The second-order valence-electron chi connectivity index (χ2n) is 7.59. The van der Waals surface area contributed by atoms with E-state index in [1.807, 2.05) is 24.3 Å². The Kier molecular flexibility index (Phi) is 6.51. The Labute approximate surface area is 187 Å². The van der Waals surface area contributed by atoms with Gasteiger partial charge in [-0.2, -0.15) is 0 Å². The minimum Gasteiger partial charge on any atom is -0.462 e. The monoisotopic (exact) mass is 459 g/mol. The van der Waals surface area contributed by atoms with Gasteiger partial charge >= 0.3 is 11.0 Å². The lowest BCUT2D eigenvalue weighted by Gasteiger charge is -2.19. The van der Waals surface area contributed by atoms with E-state index < -0.39 is 16.8 Å². The number of esters is 1. The molecule has 3 aromatic rings. The number of thiophene rings is 1. The van der Waals surface area contributed by atoms with E-state index in [4.69, 9.17) is 4.74 Å². The Bertz CT molecular complexity index is 1130. The summed E-state index contributed by atoms with van der Waals surface area (Å²) >= 11 is 1.77. The fourth-order valence-corrected chi connectivity index (χ4v) is 4.33. The van der Waals surface area contributed by atoms with Crippen LogP contribution in [0.2, 0.25) is 0 Å². The van der Waals surface area contributed by atoms with Crippen LogP contribution in [0.1, 0.15) is 52.6 Å². The number of aromatic nitrogens is 1. The molecule has 2 heterocycles. The molecular weight excluding hydrogens is 438 g/mol. The molecule has 162 valence electrons. The van der Waals surface area contributed by atoms with Crippen LogP contribution in [-0.2, 0) is 10.2 Å². The predicted molar refractivity (Wildman–Crippen MR) is 121 cm³/mol. The summed E-state index contributed by atoms with van der Waals surface area (Å²) < 4.78 is 5.15. The van der Waals surface area contributed by atoms with E-state index in [0.717, 1.165) is 33.8 Å². The molecule has 0 unspecified atom stereocenters. The van der Waals surface area contributed by atoms with E-state index in [1.54, 1.807) is 6.92 Å². The van der Waals surface area contributed by atoms with Gasteiger partial charge in [-0.1, -0.05) is 67.7 Å². The average Bonchev–Trinajstić information content (AvgIpc) is 3.35. The summed E-state index contributed by atoms with van der Waals surface area (Å²) in [5.74, 6) is -1.06. The number of ether oxygens (including phenoxy) is 1. The summed E-state index contributed by atoms with van der Waals surface area (Å²) in [4.78, 5) is 40.1. The van der Waals surface area contributed by atoms with Crippen molar-refractivity contribution in [2.75, 3.05) is 11.9 Å². The first-order valence-electron chi connectivity index (χ1n) is 9.44. The summed E-state index contributed by atoms with van der Waals surface area (Å²) in [7, 11) is 0. The third kappa shape index (κ3) is 5.15. The molecular formula is C21H21N3O5S2. The lowest BCUT2D eigenvalue weighted by Crippen LogP contribution is -2.10. The third-order valence-electron chi connectivity index (χ3n) is 4.33. The van der Waals surface area contributed by atoms with Gasteiger partial charge in [0, 0.05) is 11.6 Å². The Hall–Kier alpha value is -3.11. The van der Waals surface area contributed by atoms with Crippen LogP contribution in [0.5, 0.6) is 0 Å². The molecule has 1 N–H and O–H groups in total. The van der Waals surface area contributed by atoms with Gasteiger partial charge in [-0.25, -0.2) is 9.78 Å². The number of carbonyl (C=O) groups is 2. The van der Waals surface area contributed by atoms with Gasteiger partial charge in [0.15, 0.2) is 5.13 Å². The molecule has 0 radical (unpaired) electrons. The van der Waals surface area contributed by atoms with Crippen LogP contribution < -0.4 is 5.32 Å². The topological polar surface area (TPSA) is 111 Å². The van der Waals surface area contributed by atoms with E-state index >= 15 is 0 Å². The number of nitrogens with one attached hydrogen (secondary N) is 1. The molecule has 10 heteroatoms. The van der Waals surface area contributed by atoms with Crippen LogP contribution in [-0.4, -0.2) is 28.4 Å². The Morgan fingerprint density at radius 3 is 2.35 bits per heavy atom. The van der Waals surface area contributed by atoms with Crippen molar-refractivity contribution in [1.29, 1.82) is 0 Å². The lowest BCUT2D eigenvalue weighted by molar-refractivity contribution is -0.380. The Morgan fingerprint density at radius 2 is 1.81 bits per heavy atom. The number of carbonyl (C=O) groups excluding carboxylic acids is 2. The Balaban J connectivity index is 1.93. The van der Waals surface area contributed by atoms with Gasteiger partial charge in [0.05, 0.1) is 22.1 Å². The van der Waals surface area contributed by atoms with Crippen LogP contribution in [0.3, 0.4) is 0 Å². The van der Waals surface area contributed by atoms with Crippen molar-refractivity contribution >= 4 is 44.7 Å². The van der Waals surface area contributed by atoms with Crippen LogP contribution >= 0.6 is 22.7 Å². The molecule has 0 aliphatic rings. The zero-order valence-electron chi connectivity index (χ0n) is 17.4. The smallest absolute Gasteiger partial charge is 0.350 e. The van der Waals surface area contributed by atoms with Gasteiger partial charge < -0.3 is 4.74 Å². The van der Waals surface area contributed by atoms with Crippen LogP contribution in [0.15, 0.2) is 36.4 Å². The summed E-state index contributed by atoms with van der Waals surface area (Å²) in [6.07, 6.45) is 0. The van der Waals surface area contributed by atoms with Gasteiger partial charge in [-0.3, -0.25) is 20.2 Å². The van der Waals surface area contributed by atoms with Crippen molar-refractivity contribution in [3.8, 4) is 11.3 Å². The van der Waals surface area contributed by atoms with Crippen molar-refractivity contribution in [3.63, 3.8) is 0 Å². The molecule has 8 nitrogen and oxygen atoms in total. The zero-order valence-corrected chi connectivity index (χ0v) is 19.1. The maximum atomic E-state index is 12.5. The number of nitro groups is 1. The van der Waals surface area contributed by atoms with E-state index in [2.05, 4.69) is 31.1 Å². The molecule has 31 heavy (non-hydrogen) atoms. The average molecular weight is 460 g/mol. The second-order valence-corrected chi connectivity index (χ2v) is 9.65. The van der Waals surface area contributed by atoms with Crippen molar-refractivity contribution in [3.05, 3.63) is 61.8 Å². The van der Waals surface area contributed by atoms with Gasteiger partial charge in [0.2, 0.25) is 0 Å². The highest BCUT2D eigenvalue weighted by molar-refractivity contribution is 7.19. The number of nitrogens with zero attached hydrogens (tertiary/aromatic N) is 2. The van der Waals surface area contributed by atoms with Crippen molar-refractivity contribution in [2.45, 2.75) is 33.1 Å². The molecule has 0 fully saturated rings. The zero-order chi connectivity index (χ0) is 22.8. The maximum Gasteiger partial charge on any atom is 0.350 e. The molecule has 0 saturated heterocycles. The van der Waals surface area contributed by atoms with Crippen molar-refractivity contribution < 1.29 is 19.2 Å².